The van der Waals surface area contributed by atoms with Crippen LogP contribution in [0.2, 0.25) is 0 Å². The van der Waals surface area contributed by atoms with Crippen LogP contribution < -0.4 is 4.90 Å². The highest BCUT2D eigenvalue weighted by molar-refractivity contribution is 5.87. The Morgan fingerprint density at radius 1 is 0.632 bits per heavy atom. The Bertz CT molecular complexity index is 1040. The van der Waals surface area contributed by atoms with Gasteiger partial charge in [-0.15, -0.1) is 0 Å². The van der Waals surface area contributed by atoms with Crippen LogP contribution in [-0.4, -0.2) is 12.6 Å². The normalized spacial score (nSPS) is 11.1. The standard InChI is InChI=1S/C35H45NO2/c1-4-7-9-11-13-29-15-22-32(23-16-29)36(33-24-17-30(18-25-33)14-12-10-8-5-2)34-26-19-31(20-27-34)21-28-35(37)38-6-3/h15-28H,4-14H2,1-3H3/b28-21+. The Labute approximate surface area is 230 Å². The Hall–Kier alpha value is -3.33. The number of anilines is 3. The lowest BCUT2D eigenvalue weighted by atomic mass is 10.0. The molecule has 0 aliphatic rings. The number of aryl methyl sites for hydroxylation is 2. The summed E-state index contributed by atoms with van der Waals surface area (Å²) in [5.41, 5.74) is 7.13. The fourth-order valence-electron chi connectivity index (χ4n) is 4.67. The number of rotatable bonds is 16. The highest BCUT2D eigenvalue weighted by Crippen LogP contribution is 2.35. The summed E-state index contributed by atoms with van der Waals surface area (Å²) in [5.74, 6) is -0.317. The molecule has 0 aliphatic carbocycles. The highest BCUT2D eigenvalue weighted by Gasteiger charge is 2.13. The van der Waals surface area contributed by atoms with E-state index in [9.17, 15) is 4.79 Å². The van der Waals surface area contributed by atoms with Crippen LogP contribution in [-0.2, 0) is 22.4 Å². The molecule has 0 fully saturated rings. The molecule has 3 rings (SSSR count). The summed E-state index contributed by atoms with van der Waals surface area (Å²) in [6.45, 7) is 6.70. The third-order valence-corrected chi connectivity index (χ3v) is 6.88. The smallest absolute Gasteiger partial charge is 0.330 e. The van der Waals surface area contributed by atoms with Crippen LogP contribution in [0.5, 0.6) is 0 Å². The number of esters is 1. The van der Waals surface area contributed by atoms with Crippen molar-refractivity contribution in [2.75, 3.05) is 11.5 Å². The van der Waals surface area contributed by atoms with E-state index in [-0.39, 0.29) is 5.97 Å². The zero-order valence-corrected chi connectivity index (χ0v) is 23.6. The average molecular weight is 512 g/mol. The average Bonchev–Trinajstić information content (AvgIpc) is 2.95. The summed E-state index contributed by atoms with van der Waals surface area (Å²) in [5, 5.41) is 0. The Balaban J connectivity index is 1.81. The summed E-state index contributed by atoms with van der Waals surface area (Å²) in [7, 11) is 0. The maximum absolute atomic E-state index is 11.7. The van der Waals surface area contributed by atoms with Gasteiger partial charge >= 0.3 is 5.97 Å². The van der Waals surface area contributed by atoms with Crippen molar-refractivity contribution in [2.45, 2.75) is 85.0 Å². The van der Waals surface area contributed by atoms with E-state index >= 15 is 0 Å². The molecular weight excluding hydrogens is 466 g/mol. The molecule has 3 nitrogen and oxygen atoms in total. The molecule has 38 heavy (non-hydrogen) atoms. The molecule has 0 saturated heterocycles. The van der Waals surface area contributed by atoms with Gasteiger partial charge in [-0.1, -0.05) is 88.8 Å². The van der Waals surface area contributed by atoms with Crippen LogP contribution in [0.3, 0.4) is 0 Å². The molecule has 0 aromatic heterocycles. The number of ether oxygens (including phenoxy) is 1. The number of hydrogen-bond donors (Lipinski definition) is 0. The van der Waals surface area contributed by atoms with Crippen LogP contribution in [0.25, 0.3) is 6.08 Å². The molecule has 0 saturated carbocycles. The lowest BCUT2D eigenvalue weighted by molar-refractivity contribution is -0.137. The third-order valence-electron chi connectivity index (χ3n) is 6.88. The monoisotopic (exact) mass is 511 g/mol. The minimum Gasteiger partial charge on any atom is -0.463 e. The SMILES string of the molecule is CCCCCCc1ccc(N(c2ccc(/C=C/C(=O)OCC)cc2)c2ccc(CCCCCC)cc2)cc1. The lowest BCUT2D eigenvalue weighted by Crippen LogP contribution is -2.10. The summed E-state index contributed by atoms with van der Waals surface area (Å²) in [6.07, 6.45) is 15.8. The van der Waals surface area contributed by atoms with Crippen molar-refractivity contribution >= 4 is 29.1 Å². The quantitative estimate of drug-likeness (QED) is 0.109. The Morgan fingerprint density at radius 2 is 1.08 bits per heavy atom. The second-order valence-electron chi connectivity index (χ2n) is 9.97. The fraction of sp³-hybridized carbons (Fsp3) is 0.400. The van der Waals surface area contributed by atoms with E-state index in [1.165, 1.54) is 68.6 Å². The van der Waals surface area contributed by atoms with Gasteiger partial charge < -0.3 is 9.64 Å². The molecule has 0 heterocycles. The molecule has 0 radical (unpaired) electrons. The van der Waals surface area contributed by atoms with Gasteiger partial charge in [0.25, 0.3) is 0 Å². The first-order valence-corrected chi connectivity index (χ1v) is 14.6. The molecule has 0 atom stereocenters. The van der Waals surface area contributed by atoms with E-state index in [1.54, 1.807) is 6.08 Å². The molecule has 0 amide bonds. The minimum atomic E-state index is -0.317. The zero-order chi connectivity index (χ0) is 27.0. The van der Waals surface area contributed by atoms with Crippen molar-refractivity contribution in [3.05, 3.63) is 95.6 Å². The van der Waals surface area contributed by atoms with Crippen molar-refractivity contribution in [1.29, 1.82) is 0 Å². The van der Waals surface area contributed by atoms with Crippen LogP contribution >= 0.6 is 0 Å². The lowest BCUT2D eigenvalue weighted by Gasteiger charge is -2.26. The first-order valence-electron chi connectivity index (χ1n) is 14.6. The molecule has 0 aliphatic heterocycles. The molecule has 3 aromatic carbocycles. The van der Waals surface area contributed by atoms with Crippen molar-refractivity contribution in [3.8, 4) is 0 Å². The van der Waals surface area contributed by atoms with Gasteiger partial charge in [0.05, 0.1) is 6.61 Å². The maximum Gasteiger partial charge on any atom is 0.330 e. The van der Waals surface area contributed by atoms with Gasteiger partial charge in [0.15, 0.2) is 0 Å². The fourth-order valence-corrected chi connectivity index (χ4v) is 4.67. The molecule has 0 spiro atoms. The first kappa shape index (κ1) is 29.2. The Morgan fingerprint density at radius 3 is 1.50 bits per heavy atom. The third kappa shape index (κ3) is 9.52. The van der Waals surface area contributed by atoms with E-state index in [0.29, 0.717) is 6.61 Å². The number of unbranched alkanes of at least 4 members (excludes halogenated alkanes) is 6. The number of hydrogen-bond acceptors (Lipinski definition) is 3. The second kappa shape index (κ2) is 16.5. The van der Waals surface area contributed by atoms with Crippen molar-refractivity contribution < 1.29 is 9.53 Å². The van der Waals surface area contributed by atoms with E-state index in [4.69, 9.17) is 4.74 Å². The van der Waals surface area contributed by atoms with Crippen molar-refractivity contribution in [3.63, 3.8) is 0 Å². The van der Waals surface area contributed by atoms with Crippen LogP contribution in [0, 0.1) is 0 Å². The first-order chi connectivity index (χ1) is 18.6. The minimum absolute atomic E-state index is 0.317. The molecule has 0 unspecified atom stereocenters. The van der Waals surface area contributed by atoms with Gasteiger partial charge in [-0.3, -0.25) is 0 Å². The topological polar surface area (TPSA) is 29.5 Å². The van der Waals surface area contributed by atoms with Gasteiger partial charge in [-0.05, 0) is 91.8 Å². The van der Waals surface area contributed by atoms with Crippen LogP contribution in [0.4, 0.5) is 17.1 Å². The number of carbonyl (C=O) groups excluding carboxylic acids is 1. The predicted molar refractivity (Wildman–Crippen MR) is 162 cm³/mol. The maximum atomic E-state index is 11.7. The van der Waals surface area contributed by atoms with Crippen LogP contribution in [0.15, 0.2) is 78.9 Å². The zero-order valence-electron chi connectivity index (χ0n) is 23.6. The van der Waals surface area contributed by atoms with Gasteiger partial charge in [0.2, 0.25) is 0 Å². The number of benzene rings is 3. The summed E-state index contributed by atoms with van der Waals surface area (Å²) >= 11 is 0. The van der Waals surface area contributed by atoms with Gasteiger partial charge in [-0.2, -0.15) is 0 Å². The Kier molecular flexibility index (Phi) is 12.7. The molecule has 3 aromatic rings. The van der Waals surface area contributed by atoms with E-state index in [0.717, 1.165) is 35.5 Å². The van der Waals surface area contributed by atoms with E-state index in [1.807, 2.05) is 19.1 Å². The molecule has 3 heteroatoms. The van der Waals surface area contributed by atoms with E-state index in [2.05, 4.69) is 79.4 Å². The van der Waals surface area contributed by atoms with Crippen LogP contribution in [0.1, 0.15) is 88.8 Å². The second-order valence-corrected chi connectivity index (χ2v) is 9.97. The molecular formula is C35H45NO2. The highest BCUT2D eigenvalue weighted by atomic mass is 16.5. The number of nitrogens with zero attached hydrogens (tertiary/aromatic N) is 1. The molecule has 0 bridgehead atoms. The predicted octanol–water partition coefficient (Wildman–Crippen LogP) is 9.98. The van der Waals surface area contributed by atoms with Crippen molar-refractivity contribution in [2.24, 2.45) is 0 Å². The molecule has 0 N–H and O–H groups in total. The van der Waals surface area contributed by atoms with Gasteiger partial charge in [0, 0.05) is 23.1 Å². The summed E-state index contributed by atoms with van der Waals surface area (Å²) in [4.78, 5) is 14.0. The largest absolute Gasteiger partial charge is 0.463 e. The number of carbonyl (C=O) groups is 1. The van der Waals surface area contributed by atoms with E-state index < -0.39 is 0 Å². The molecule has 202 valence electrons. The summed E-state index contributed by atoms with van der Waals surface area (Å²) in [6, 6.07) is 26.4. The summed E-state index contributed by atoms with van der Waals surface area (Å²) < 4.78 is 5.00. The van der Waals surface area contributed by atoms with Crippen molar-refractivity contribution in [1.82, 2.24) is 0 Å². The van der Waals surface area contributed by atoms with Gasteiger partial charge in [-0.25, -0.2) is 4.79 Å². The van der Waals surface area contributed by atoms with Gasteiger partial charge in [0.1, 0.15) is 0 Å².